The standard InChI is InChI=1S/C19H21N3O3/c1-12-10-22(18(13(2)25-12)14-6-4-3-5-7-14)16-9-8-15-19(20-16)21-17(23)11-24-15/h3-9,12-13,18H,10-11H2,1-2H3,(H,20,21,23)/t12-,13+,18+/m1/s1. The van der Waals surface area contributed by atoms with E-state index >= 15 is 0 Å². The Bertz CT molecular complexity index is 781. The van der Waals surface area contributed by atoms with Crippen LogP contribution in [-0.2, 0) is 9.53 Å². The van der Waals surface area contributed by atoms with Gasteiger partial charge in [0.25, 0.3) is 5.91 Å². The number of aromatic nitrogens is 1. The second-order valence-electron chi connectivity index (χ2n) is 6.51. The molecular weight excluding hydrogens is 318 g/mol. The van der Waals surface area contributed by atoms with Crippen molar-refractivity contribution in [2.24, 2.45) is 0 Å². The summed E-state index contributed by atoms with van der Waals surface area (Å²) in [6.07, 6.45) is 0.119. The summed E-state index contributed by atoms with van der Waals surface area (Å²) in [5.74, 6) is 1.71. The number of carbonyl (C=O) groups excluding carboxylic acids is 1. The Labute approximate surface area is 146 Å². The third-order valence-corrected chi connectivity index (χ3v) is 4.58. The number of amides is 1. The number of benzene rings is 1. The number of morpholine rings is 1. The first-order valence-corrected chi connectivity index (χ1v) is 8.52. The van der Waals surface area contributed by atoms with Crippen molar-refractivity contribution in [2.45, 2.75) is 32.1 Å². The van der Waals surface area contributed by atoms with Crippen LogP contribution in [0.25, 0.3) is 0 Å². The topological polar surface area (TPSA) is 63.7 Å². The first-order valence-electron chi connectivity index (χ1n) is 8.52. The van der Waals surface area contributed by atoms with Gasteiger partial charge in [0, 0.05) is 6.54 Å². The van der Waals surface area contributed by atoms with E-state index in [-0.39, 0.29) is 30.8 Å². The lowest BCUT2D eigenvalue weighted by Crippen LogP contribution is -2.48. The Hall–Kier alpha value is -2.60. The Morgan fingerprint density at radius 3 is 2.76 bits per heavy atom. The fourth-order valence-corrected chi connectivity index (χ4v) is 3.58. The Kier molecular flexibility index (Phi) is 4.05. The van der Waals surface area contributed by atoms with Crippen molar-refractivity contribution < 1.29 is 14.3 Å². The number of ether oxygens (including phenoxy) is 2. The van der Waals surface area contributed by atoms with Gasteiger partial charge in [-0.25, -0.2) is 4.98 Å². The summed E-state index contributed by atoms with van der Waals surface area (Å²) in [6, 6.07) is 14.2. The minimum atomic E-state index is -0.180. The zero-order valence-corrected chi connectivity index (χ0v) is 14.3. The van der Waals surface area contributed by atoms with Crippen molar-refractivity contribution in [2.75, 3.05) is 23.4 Å². The summed E-state index contributed by atoms with van der Waals surface area (Å²) in [5, 5.41) is 2.78. The predicted octanol–water partition coefficient (Wildman–Crippen LogP) is 2.77. The summed E-state index contributed by atoms with van der Waals surface area (Å²) in [5.41, 5.74) is 1.18. The molecule has 2 aliphatic heterocycles. The normalized spacial score (nSPS) is 25.8. The average molecular weight is 339 g/mol. The lowest BCUT2D eigenvalue weighted by Gasteiger charge is -2.44. The molecule has 0 spiro atoms. The monoisotopic (exact) mass is 339 g/mol. The van der Waals surface area contributed by atoms with Gasteiger partial charge in [-0.15, -0.1) is 0 Å². The van der Waals surface area contributed by atoms with Crippen LogP contribution in [0.4, 0.5) is 11.6 Å². The maximum Gasteiger partial charge on any atom is 0.263 e. The van der Waals surface area contributed by atoms with Crippen molar-refractivity contribution in [3.8, 4) is 5.75 Å². The summed E-state index contributed by atoms with van der Waals surface area (Å²) < 4.78 is 11.5. The summed E-state index contributed by atoms with van der Waals surface area (Å²) in [4.78, 5) is 18.5. The van der Waals surface area contributed by atoms with Crippen LogP contribution in [0.2, 0.25) is 0 Å². The molecule has 1 N–H and O–H groups in total. The lowest BCUT2D eigenvalue weighted by molar-refractivity contribution is -0.118. The number of carbonyl (C=O) groups is 1. The SMILES string of the molecule is C[C@@H]1CN(c2ccc3c(n2)NC(=O)CO3)[C@H](c2ccccc2)[C@H](C)O1. The second-order valence-corrected chi connectivity index (χ2v) is 6.51. The number of rotatable bonds is 2. The fraction of sp³-hybridized carbons (Fsp3) is 0.368. The predicted molar refractivity (Wildman–Crippen MR) is 94.9 cm³/mol. The van der Waals surface area contributed by atoms with E-state index in [4.69, 9.17) is 9.47 Å². The molecule has 1 fully saturated rings. The first kappa shape index (κ1) is 15.9. The number of hydrogen-bond acceptors (Lipinski definition) is 5. The molecule has 1 aromatic carbocycles. The molecule has 0 radical (unpaired) electrons. The van der Waals surface area contributed by atoms with Gasteiger partial charge in [0.15, 0.2) is 18.2 Å². The van der Waals surface area contributed by atoms with Gasteiger partial charge >= 0.3 is 0 Å². The van der Waals surface area contributed by atoms with E-state index in [0.29, 0.717) is 11.6 Å². The highest BCUT2D eigenvalue weighted by molar-refractivity contribution is 5.94. The zero-order valence-electron chi connectivity index (χ0n) is 14.3. The molecule has 3 atom stereocenters. The molecular formula is C19H21N3O3. The van der Waals surface area contributed by atoms with Crippen molar-refractivity contribution >= 4 is 17.5 Å². The average Bonchev–Trinajstić information content (AvgIpc) is 2.61. The van der Waals surface area contributed by atoms with E-state index in [1.54, 1.807) is 0 Å². The summed E-state index contributed by atoms with van der Waals surface area (Å²) >= 11 is 0. The van der Waals surface area contributed by atoms with Crippen molar-refractivity contribution in [1.82, 2.24) is 4.98 Å². The largest absolute Gasteiger partial charge is 0.480 e. The molecule has 0 saturated carbocycles. The third kappa shape index (κ3) is 3.05. The fourth-order valence-electron chi connectivity index (χ4n) is 3.58. The highest BCUT2D eigenvalue weighted by Gasteiger charge is 2.35. The van der Waals surface area contributed by atoms with Crippen molar-refractivity contribution in [1.29, 1.82) is 0 Å². The highest BCUT2D eigenvalue weighted by Crippen LogP contribution is 2.37. The minimum Gasteiger partial charge on any atom is -0.480 e. The van der Waals surface area contributed by atoms with E-state index in [2.05, 4.69) is 41.2 Å². The first-order chi connectivity index (χ1) is 12.1. The Morgan fingerprint density at radius 2 is 1.96 bits per heavy atom. The van der Waals surface area contributed by atoms with E-state index in [1.807, 2.05) is 30.3 Å². The molecule has 0 unspecified atom stereocenters. The number of hydrogen-bond donors (Lipinski definition) is 1. The van der Waals surface area contributed by atoms with E-state index in [9.17, 15) is 4.79 Å². The Morgan fingerprint density at radius 1 is 1.16 bits per heavy atom. The smallest absolute Gasteiger partial charge is 0.263 e. The van der Waals surface area contributed by atoms with Crippen LogP contribution >= 0.6 is 0 Å². The molecule has 2 aliphatic rings. The molecule has 130 valence electrons. The van der Waals surface area contributed by atoms with Gasteiger partial charge in [0.05, 0.1) is 18.2 Å². The maximum atomic E-state index is 11.6. The molecule has 25 heavy (non-hydrogen) atoms. The zero-order chi connectivity index (χ0) is 17.4. The molecule has 6 nitrogen and oxygen atoms in total. The summed E-state index contributed by atoms with van der Waals surface area (Å²) in [6.45, 7) is 4.91. The number of nitrogens with zero attached hydrogens (tertiary/aromatic N) is 2. The van der Waals surface area contributed by atoms with Crippen LogP contribution < -0.4 is 15.0 Å². The van der Waals surface area contributed by atoms with Gasteiger partial charge in [0.2, 0.25) is 0 Å². The molecule has 2 aromatic rings. The molecule has 3 heterocycles. The molecule has 0 bridgehead atoms. The van der Waals surface area contributed by atoms with Crippen molar-refractivity contribution in [3.63, 3.8) is 0 Å². The van der Waals surface area contributed by atoms with Crippen LogP contribution in [-0.4, -0.2) is 36.3 Å². The molecule has 6 heteroatoms. The van der Waals surface area contributed by atoms with Crippen LogP contribution in [0.1, 0.15) is 25.5 Å². The molecule has 4 rings (SSSR count). The van der Waals surface area contributed by atoms with E-state index < -0.39 is 0 Å². The third-order valence-electron chi connectivity index (χ3n) is 4.58. The van der Waals surface area contributed by atoms with Gasteiger partial charge in [-0.1, -0.05) is 30.3 Å². The van der Waals surface area contributed by atoms with Gasteiger partial charge in [0.1, 0.15) is 5.82 Å². The molecule has 1 aromatic heterocycles. The number of anilines is 2. The highest BCUT2D eigenvalue weighted by atomic mass is 16.5. The van der Waals surface area contributed by atoms with Crippen LogP contribution in [0.15, 0.2) is 42.5 Å². The second kappa shape index (κ2) is 6.37. The van der Waals surface area contributed by atoms with Gasteiger partial charge < -0.3 is 19.7 Å². The number of pyridine rings is 1. The van der Waals surface area contributed by atoms with E-state index in [1.165, 1.54) is 5.56 Å². The summed E-state index contributed by atoms with van der Waals surface area (Å²) in [7, 11) is 0. The van der Waals surface area contributed by atoms with E-state index in [0.717, 1.165) is 12.4 Å². The van der Waals surface area contributed by atoms with Crippen LogP contribution in [0, 0.1) is 0 Å². The molecule has 0 aliphatic carbocycles. The number of fused-ring (bicyclic) bond motifs is 1. The van der Waals surface area contributed by atoms with Crippen LogP contribution in [0.5, 0.6) is 5.75 Å². The number of nitrogens with one attached hydrogen (secondary N) is 1. The van der Waals surface area contributed by atoms with Gasteiger partial charge in [-0.3, -0.25) is 4.79 Å². The quantitative estimate of drug-likeness (QED) is 0.911. The van der Waals surface area contributed by atoms with Crippen LogP contribution in [0.3, 0.4) is 0 Å². The van der Waals surface area contributed by atoms with Crippen molar-refractivity contribution in [3.05, 3.63) is 48.0 Å². The molecule has 1 saturated heterocycles. The molecule has 1 amide bonds. The maximum absolute atomic E-state index is 11.6. The van der Waals surface area contributed by atoms with Gasteiger partial charge in [-0.2, -0.15) is 0 Å². The minimum absolute atomic E-state index is 0.0230. The van der Waals surface area contributed by atoms with Gasteiger partial charge in [-0.05, 0) is 31.5 Å². The lowest BCUT2D eigenvalue weighted by atomic mass is 9.98. The Balaban J connectivity index is 1.73.